The molecule has 0 spiro atoms. The van der Waals surface area contributed by atoms with Crippen molar-refractivity contribution in [2.75, 3.05) is 56.1 Å². The number of nitrogens with zero attached hydrogens (tertiary/aromatic N) is 2. The van der Waals surface area contributed by atoms with Crippen LogP contribution in [0.2, 0.25) is 10.0 Å². The Balaban J connectivity index is 1.18. The molecule has 2 heterocycles. The molecule has 1 fully saturated rings. The normalized spacial score (nSPS) is 18.6. The van der Waals surface area contributed by atoms with Gasteiger partial charge in [0.05, 0.1) is 28.4 Å². The van der Waals surface area contributed by atoms with Crippen LogP contribution in [0.15, 0.2) is 36.4 Å². The molecular formula is C27H35Cl2N5O3. The minimum Gasteiger partial charge on any atom is -0.494 e. The number of anilines is 2. The van der Waals surface area contributed by atoms with E-state index in [9.17, 15) is 9.59 Å². The third-order valence-electron chi connectivity index (χ3n) is 6.89. The van der Waals surface area contributed by atoms with Crippen molar-refractivity contribution >= 4 is 46.4 Å². The number of unbranched alkanes of at least 4 members (excludes halogenated alkanes) is 1. The van der Waals surface area contributed by atoms with Gasteiger partial charge in [-0.2, -0.15) is 0 Å². The molecule has 2 atom stereocenters. The maximum Gasteiger partial charge on any atom is 0.236 e. The second-order valence-electron chi connectivity index (χ2n) is 9.69. The van der Waals surface area contributed by atoms with Crippen LogP contribution >= 0.6 is 23.2 Å². The van der Waals surface area contributed by atoms with Gasteiger partial charge in [-0.1, -0.05) is 35.3 Å². The fraction of sp³-hybridized carbons (Fsp3) is 0.481. The first-order valence-electron chi connectivity index (χ1n) is 12.8. The number of hydrogen-bond donors (Lipinski definition) is 3. The predicted molar refractivity (Wildman–Crippen MR) is 149 cm³/mol. The minimum atomic E-state index is -0.578. The lowest BCUT2D eigenvalue weighted by Gasteiger charge is -2.36. The third kappa shape index (κ3) is 7.29. The van der Waals surface area contributed by atoms with Gasteiger partial charge < -0.3 is 26.0 Å². The van der Waals surface area contributed by atoms with Crippen LogP contribution in [0.3, 0.4) is 0 Å². The highest BCUT2D eigenvalue weighted by Gasteiger charge is 2.26. The summed E-state index contributed by atoms with van der Waals surface area (Å²) in [4.78, 5) is 28.8. The number of amides is 2. The molecule has 37 heavy (non-hydrogen) atoms. The molecule has 4 rings (SSSR count). The number of halogens is 2. The first-order valence-corrected chi connectivity index (χ1v) is 13.6. The Labute approximate surface area is 228 Å². The monoisotopic (exact) mass is 547 g/mol. The summed E-state index contributed by atoms with van der Waals surface area (Å²) in [6.07, 6.45) is 2.31. The van der Waals surface area contributed by atoms with Gasteiger partial charge in [-0.3, -0.25) is 14.5 Å². The number of fused-ring (bicyclic) bond motifs is 1. The maximum absolute atomic E-state index is 12.2. The summed E-state index contributed by atoms with van der Waals surface area (Å²) in [5.41, 5.74) is 8.36. The lowest BCUT2D eigenvalue weighted by Crippen LogP contribution is -2.46. The number of rotatable bonds is 10. The lowest BCUT2D eigenvalue weighted by atomic mass is 9.90. The summed E-state index contributed by atoms with van der Waals surface area (Å²) in [6, 6.07) is 11.0. The lowest BCUT2D eigenvalue weighted by molar-refractivity contribution is -0.122. The molecule has 1 saturated heterocycles. The van der Waals surface area contributed by atoms with Crippen molar-refractivity contribution in [3.8, 4) is 5.75 Å². The molecule has 2 aromatic rings. The topological polar surface area (TPSA) is 99.9 Å². The second-order valence-corrected chi connectivity index (χ2v) is 10.5. The van der Waals surface area contributed by atoms with E-state index in [2.05, 4.69) is 20.4 Å². The van der Waals surface area contributed by atoms with Crippen molar-refractivity contribution in [2.45, 2.75) is 38.1 Å². The smallest absolute Gasteiger partial charge is 0.236 e. The summed E-state index contributed by atoms with van der Waals surface area (Å²) in [6.45, 7) is 7.47. The Morgan fingerprint density at radius 2 is 1.97 bits per heavy atom. The zero-order valence-corrected chi connectivity index (χ0v) is 22.7. The highest BCUT2D eigenvalue weighted by Crippen LogP contribution is 2.35. The van der Waals surface area contributed by atoms with Gasteiger partial charge in [0.25, 0.3) is 0 Å². The highest BCUT2D eigenvalue weighted by molar-refractivity contribution is 6.43. The Morgan fingerprint density at radius 1 is 1.19 bits per heavy atom. The fourth-order valence-electron chi connectivity index (χ4n) is 4.77. The Kier molecular flexibility index (Phi) is 9.54. The number of benzene rings is 2. The van der Waals surface area contributed by atoms with Gasteiger partial charge in [0.2, 0.25) is 11.8 Å². The van der Waals surface area contributed by atoms with Gasteiger partial charge in [-0.15, -0.1) is 0 Å². The van der Waals surface area contributed by atoms with Gasteiger partial charge in [0.1, 0.15) is 5.75 Å². The summed E-state index contributed by atoms with van der Waals surface area (Å²) in [7, 11) is 0. The molecule has 2 unspecified atom stereocenters. The zero-order chi connectivity index (χ0) is 26.4. The van der Waals surface area contributed by atoms with Gasteiger partial charge in [0.15, 0.2) is 0 Å². The molecule has 2 aliphatic heterocycles. The Morgan fingerprint density at radius 3 is 2.73 bits per heavy atom. The summed E-state index contributed by atoms with van der Waals surface area (Å²) >= 11 is 12.5. The molecule has 0 aromatic heterocycles. The molecule has 8 nitrogen and oxygen atoms in total. The van der Waals surface area contributed by atoms with Crippen LogP contribution in [0, 0.1) is 0 Å². The molecule has 0 aliphatic carbocycles. The van der Waals surface area contributed by atoms with Gasteiger partial charge >= 0.3 is 0 Å². The van der Waals surface area contributed by atoms with E-state index in [1.54, 1.807) is 6.92 Å². The Bertz CT molecular complexity index is 1110. The van der Waals surface area contributed by atoms with E-state index in [1.807, 2.05) is 36.4 Å². The van der Waals surface area contributed by atoms with Crippen LogP contribution in [0.5, 0.6) is 5.75 Å². The van der Waals surface area contributed by atoms with Gasteiger partial charge in [-0.05, 0) is 50.1 Å². The van der Waals surface area contributed by atoms with Crippen LogP contribution in [0.25, 0.3) is 0 Å². The second kappa shape index (κ2) is 12.8. The Hall–Kier alpha value is -2.52. The van der Waals surface area contributed by atoms with Crippen molar-refractivity contribution in [3.63, 3.8) is 0 Å². The molecule has 4 N–H and O–H groups in total. The average Bonchev–Trinajstić information content (AvgIpc) is 2.88. The van der Waals surface area contributed by atoms with E-state index >= 15 is 0 Å². The zero-order valence-electron chi connectivity index (χ0n) is 21.1. The average molecular weight is 549 g/mol. The van der Waals surface area contributed by atoms with Crippen LogP contribution in [-0.4, -0.2) is 68.6 Å². The molecule has 2 aliphatic rings. The number of hydrogen-bond acceptors (Lipinski definition) is 6. The van der Waals surface area contributed by atoms with Crippen molar-refractivity contribution in [1.82, 2.24) is 10.2 Å². The maximum atomic E-state index is 12.2. The van der Waals surface area contributed by atoms with Crippen molar-refractivity contribution in [1.29, 1.82) is 0 Å². The minimum absolute atomic E-state index is 0.0672. The number of nitrogens with two attached hydrogens (primary N) is 1. The number of carbonyl (C=O) groups excluding carboxylic acids is 2. The van der Waals surface area contributed by atoms with E-state index in [0.717, 1.165) is 68.3 Å². The fourth-order valence-corrected chi connectivity index (χ4v) is 5.18. The SMILES string of the molecule is CC(N)C(=O)NCC1CC(=O)Nc2cc(OCCCCN3CCN(c4cccc(Cl)c4Cl)CC3)ccc21. The van der Waals surface area contributed by atoms with E-state index in [4.69, 9.17) is 33.7 Å². The van der Waals surface area contributed by atoms with E-state index < -0.39 is 6.04 Å². The first kappa shape index (κ1) is 27.5. The van der Waals surface area contributed by atoms with Gasteiger partial charge in [-0.25, -0.2) is 0 Å². The van der Waals surface area contributed by atoms with E-state index in [1.165, 1.54) is 0 Å². The van der Waals surface area contributed by atoms with E-state index in [-0.39, 0.29) is 17.7 Å². The highest BCUT2D eigenvalue weighted by atomic mass is 35.5. The molecule has 2 aromatic carbocycles. The summed E-state index contributed by atoms with van der Waals surface area (Å²) in [5, 5.41) is 6.97. The van der Waals surface area contributed by atoms with Crippen molar-refractivity contribution in [3.05, 3.63) is 52.0 Å². The van der Waals surface area contributed by atoms with Crippen LogP contribution in [-0.2, 0) is 9.59 Å². The van der Waals surface area contributed by atoms with Gasteiger partial charge in [0, 0.05) is 56.8 Å². The number of nitrogens with one attached hydrogen (secondary N) is 2. The largest absolute Gasteiger partial charge is 0.494 e. The molecular weight excluding hydrogens is 513 g/mol. The first-order chi connectivity index (χ1) is 17.8. The molecule has 200 valence electrons. The quantitative estimate of drug-likeness (QED) is 0.390. The van der Waals surface area contributed by atoms with Crippen molar-refractivity contribution in [2.24, 2.45) is 5.73 Å². The molecule has 2 amide bonds. The molecule has 0 radical (unpaired) electrons. The third-order valence-corrected chi connectivity index (χ3v) is 7.70. The predicted octanol–water partition coefficient (Wildman–Crippen LogP) is 3.86. The summed E-state index contributed by atoms with van der Waals surface area (Å²) in [5.74, 6) is 0.351. The van der Waals surface area contributed by atoms with Crippen molar-refractivity contribution < 1.29 is 14.3 Å². The summed E-state index contributed by atoms with van der Waals surface area (Å²) < 4.78 is 5.97. The molecule has 10 heteroatoms. The van der Waals surface area contributed by atoms with Crippen LogP contribution < -0.4 is 26.0 Å². The molecule has 0 bridgehead atoms. The van der Waals surface area contributed by atoms with Crippen LogP contribution in [0.1, 0.15) is 37.7 Å². The number of ether oxygens (including phenoxy) is 1. The number of piperazine rings is 1. The van der Waals surface area contributed by atoms with E-state index in [0.29, 0.717) is 29.6 Å². The molecule has 0 saturated carbocycles. The standard InChI is InChI=1S/C27H35Cl2N5O3/c1-18(30)27(36)31-17-19-15-25(35)32-23-16-20(7-8-21(19)23)37-14-3-2-9-33-10-12-34(13-11-33)24-6-4-5-22(28)26(24)29/h4-8,16,18-19H,2-3,9-15,17,30H2,1H3,(H,31,36)(H,32,35). The van der Waals surface area contributed by atoms with Crippen LogP contribution in [0.4, 0.5) is 11.4 Å². The number of carbonyl (C=O) groups is 2.